The number of nitrogens with one attached hydrogen (secondary N) is 1. The molecule has 1 aromatic carbocycles. The molecule has 3 rings (SSSR count). The van der Waals surface area contributed by atoms with E-state index in [1.54, 1.807) is 0 Å². The lowest BCUT2D eigenvalue weighted by Crippen LogP contribution is -2.44. The number of benzene rings is 1. The lowest BCUT2D eigenvalue weighted by molar-refractivity contribution is -0.143. The molecule has 2 aromatic rings. The van der Waals surface area contributed by atoms with Crippen molar-refractivity contribution < 1.29 is 22.4 Å². The Labute approximate surface area is 154 Å². The number of nitrogens with zero attached hydrogens (tertiary/aromatic N) is 2. The van der Waals surface area contributed by atoms with E-state index in [4.69, 9.17) is 0 Å². The maximum Gasteiger partial charge on any atom is 0.434 e. The molecule has 1 aromatic heterocycles. The standard InChI is InChI=1S/C19H21F4N3O/c1-11-6-5-8-15(12(11)2)25-18(27)13-10-24-26(17(13)19(21,22)23)16-9-4-3-7-14(16)20/h3-4,7,9-12,15H,5-6,8H2,1-2H3,(H,25,27). The van der Waals surface area contributed by atoms with E-state index in [9.17, 15) is 22.4 Å². The molecule has 1 fully saturated rings. The van der Waals surface area contributed by atoms with Gasteiger partial charge in [0.25, 0.3) is 5.91 Å². The van der Waals surface area contributed by atoms with Crippen LogP contribution in [0.1, 0.15) is 49.2 Å². The van der Waals surface area contributed by atoms with Crippen LogP contribution in [0.5, 0.6) is 0 Å². The first-order chi connectivity index (χ1) is 12.7. The molecule has 1 aliphatic rings. The van der Waals surface area contributed by atoms with Gasteiger partial charge >= 0.3 is 6.18 Å². The molecule has 1 saturated carbocycles. The Bertz CT molecular complexity index is 831. The maximum absolute atomic E-state index is 14.0. The second kappa shape index (κ2) is 7.32. The van der Waals surface area contributed by atoms with E-state index >= 15 is 0 Å². The van der Waals surface area contributed by atoms with Crippen LogP contribution in [0.25, 0.3) is 5.69 Å². The maximum atomic E-state index is 14.0. The van der Waals surface area contributed by atoms with Crippen LogP contribution in [0.4, 0.5) is 17.6 Å². The van der Waals surface area contributed by atoms with Gasteiger partial charge in [-0.15, -0.1) is 0 Å². The molecule has 1 heterocycles. The molecule has 3 atom stereocenters. The van der Waals surface area contributed by atoms with Crippen molar-refractivity contribution in [2.24, 2.45) is 11.8 Å². The van der Waals surface area contributed by atoms with Gasteiger partial charge in [0, 0.05) is 6.04 Å². The highest BCUT2D eigenvalue weighted by atomic mass is 19.4. The van der Waals surface area contributed by atoms with Crippen LogP contribution in [-0.2, 0) is 6.18 Å². The van der Waals surface area contributed by atoms with Gasteiger partial charge in [-0.2, -0.15) is 18.3 Å². The summed E-state index contributed by atoms with van der Waals surface area (Å²) in [6.45, 7) is 4.06. The molecule has 1 N–H and O–H groups in total. The lowest BCUT2D eigenvalue weighted by atomic mass is 9.78. The van der Waals surface area contributed by atoms with Crippen LogP contribution in [0.3, 0.4) is 0 Å². The Morgan fingerprint density at radius 1 is 1.22 bits per heavy atom. The fraction of sp³-hybridized carbons (Fsp3) is 0.474. The second-order valence-electron chi connectivity index (χ2n) is 7.12. The van der Waals surface area contributed by atoms with Crippen molar-refractivity contribution in [2.75, 3.05) is 0 Å². The lowest BCUT2D eigenvalue weighted by Gasteiger charge is -2.34. The number of carbonyl (C=O) groups is 1. The van der Waals surface area contributed by atoms with E-state index in [1.165, 1.54) is 18.2 Å². The van der Waals surface area contributed by atoms with Crippen molar-refractivity contribution >= 4 is 5.91 Å². The Kier molecular flexibility index (Phi) is 5.26. The van der Waals surface area contributed by atoms with Crippen molar-refractivity contribution in [1.82, 2.24) is 15.1 Å². The number of para-hydroxylation sites is 1. The molecule has 8 heteroatoms. The molecule has 0 radical (unpaired) electrons. The molecular weight excluding hydrogens is 362 g/mol. The Morgan fingerprint density at radius 3 is 2.59 bits per heavy atom. The topological polar surface area (TPSA) is 46.9 Å². The number of carbonyl (C=O) groups excluding carboxylic acids is 1. The van der Waals surface area contributed by atoms with E-state index in [0.29, 0.717) is 10.6 Å². The van der Waals surface area contributed by atoms with Gasteiger partial charge < -0.3 is 5.32 Å². The minimum Gasteiger partial charge on any atom is -0.349 e. The minimum absolute atomic E-state index is 0.165. The number of halogens is 4. The summed E-state index contributed by atoms with van der Waals surface area (Å²) in [5.74, 6) is -1.14. The summed E-state index contributed by atoms with van der Waals surface area (Å²) < 4.78 is 55.5. The first-order valence-electron chi connectivity index (χ1n) is 8.91. The molecule has 1 aliphatic carbocycles. The third-order valence-electron chi connectivity index (χ3n) is 5.39. The van der Waals surface area contributed by atoms with Crippen LogP contribution in [0, 0.1) is 17.7 Å². The van der Waals surface area contributed by atoms with Crippen molar-refractivity contribution in [1.29, 1.82) is 0 Å². The summed E-state index contributed by atoms with van der Waals surface area (Å²) in [5, 5.41) is 6.38. The normalized spacial score (nSPS) is 23.3. The molecule has 3 unspecified atom stereocenters. The first-order valence-corrected chi connectivity index (χ1v) is 8.91. The molecule has 146 valence electrons. The van der Waals surface area contributed by atoms with E-state index in [2.05, 4.69) is 17.3 Å². The molecule has 1 amide bonds. The smallest absolute Gasteiger partial charge is 0.349 e. The monoisotopic (exact) mass is 383 g/mol. The van der Waals surface area contributed by atoms with Crippen LogP contribution < -0.4 is 5.32 Å². The van der Waals surface area contributed by atoms with Gasteiger partial charge in [-0.05, 0) is 30.4 Å². The molecular formula is C19H21F4N3O. The van der Waals surface area contributed by atoms with Crippen LogP contribution in [0.15, 0.2) is 30.5 Å². The largest absolute Gasteiger partial charge is 0.434 e. The van der Waals surface area contributed by atoms with Gasteiger partial charge in [0.15, 0.2) is 5.69 Å². The zero-order chi connectivity index (χ0) is 19.8. The Hall–Kier alpha value is -2.38. The molecule has 0 bridgehead atoms. The Morgan fingerprint density at radius 2 is 1.93 bits per heavy atom. The van der Waals surface area contributed by atoms with Crippen LogP contribution >= 0.6 is 0 Å². The summed E-state index contributed by atoms with van der Waals surface area (Å²) in [6, 6.07) is 4.81. The Balaban J connectivity index is 1.96. The molecule has 27 heavy (non-hydrogen) atoms. The fourth-order valence-electron chi connectivity index (χ4n) is 3.63. The van der Waals surface area contributed by atoms with Gasteiger partial charge in [-0.1, -0.05) is 38.8 Å². The van der Waals surface area contributed by atoms with E-state index in [-0.39, 0.29) is 17.6 Å². The van der Waals surface area contributed by atoms with Gasteiger partial charge in [-0.25, -0.2) is 9.07 Å². The van der Waals surface area contributed by atoms with E-state index < -0.39 is 29.2 Å². The van der Waals surface area contributed by atoms with Crippen molar-refractivity contribution in [3.63, 3.8) is 0 Å². The van der Waals surface area contributed by atoms with Gasteiger partial charge in [0.05, 0.1) is 11.8 Å². The molecule has 0 saturated heterocycles. The summed E-state index contributed by atoms with van der Waals surface area (Å²) in [7, 11) is 0. The number of hydrogen-bond acceptors (Lipinski definition) is 2. The van der Waals surface area contributed by atoms with Crippen LogP contribution in [0.2, 0.25) is 0 Å². The number of hydrogen-bond donors (Lipinski definition) is 1. The predicted octanol–water partition coefficient (Wildman–Crippen LogP) is 4.58. The van der Waals surface area contributed by atoms with Gasteiger partial charge in [0.1, 0.15) is 11.5 Å². The number of rotatable bonds is 3. The highest BCUT2D eigenvalue weighted by Crippen LogP contribution is 2.35. The highest BCUT2D eigenvalue weighted by molar-refractivity contribution is 5.95. The summed E-state index contributed by atoms with van der Waals surface area (Å²) >= 11 is 0. The number of amides is 1. The first kappa shape index (κ1) is 19.4. The second-order valence-corrected chi connectivity index (χ2v) is 7.12. The summed E-state index contributed by atoms with van der Waals surface area (Å²) in [5.41, 5.74) is -2.23. The zero-order valence-corrected chi connectivity index (χ0v) is 15.1. The molecule has 0 spiro atoms. The zero-order valence-electron chi connectivity index (χ0n) is 15.1. The average molecular weight is 383 g/mol. The number of aromatic nitrogens is 2. The fourth-order valence-corrected chi connectivity index (χ4v) is 3.63. The van der Waals surface area contributed by atoms with E-state index in [1.807, 2.05) is 6.92 Å². The van der Waals surface area contributed by atoms with E-state index in [0.717, 1.165) is 31.5 Å². The van der Waals surface area contributed by atoms with Gasteiger partial charge in [-0.3, -0.25) is 4.79 Å². The van der Waals surface area contributed by atoms with Gasteiger partial charge in [0.2, 0.25) is 0 Å². The third kappa shape index (κ3) is 3.84. The van der Waals surface area contributed by atoms with Crippen LogP contribution in [-0.4, -0.2) is 21.7 Å². The predicted molar refractivity (Wildman–Crippen MR) is 92.0 cm³/mol. The van der Waals surface area contributed by atoms with Crippen molar-refractivity contribution in [2.45, 2.75) is 45.3 Å². The third-order valence-corrected chi connectivity index (χ3v) is 5.39. The van der Waals surface area contributed by atoms with Crippen molar-refractivity contribution in [3.05, 3.63) is 47.5 Å². The molecule has 4 nitrogen and oxygen atoms in total. The highest BCUT2D eigenvalue weighted by Gasteiger charge is 2.41. The minimum atomic E-state index is -4.86. The summed E-state index contributed by atoms with van der Waals surface area (Å²) in [6.07, 6.45) is -1.35. The SMILES string of the molecule is CC1CCCC(NC(=O)c2cnn(-c3ccccc3F)c2C(F)(F)F)C1C. The summed E-state index contributed by atoms with van der Waals surface area (Å²) in [4.78, 5) is 12.6. The van der Waals surface area contributed by atoms with Crippen molar-refractivity contribution in [3.8, 4) is 5.69 Å². The number of alkyl halides is 3. The quantitative estimate of drug-likeness (QED) is 0.789. The molecule has 0 aliphatic heterocycles. The average Bonchev–Trinajstić information content (AvgIpc) is 3.05.